The van der Waals surface area contributed by atoms with Crippen LogP contribution in [0.25, 0.3) is 0 Å². The Bertz CT molecular complexity index is 416. The third-order valence-corrected chi connectivity index (χ3v) is 3.94. The number of rotatable bonds is 7. The van der Waals surface area contributed by atoms with Crippen molar-refractivity contribution in [3.63, 3.8) is 0 Å². The molecule has 1 atom stereocenters. The zero-order valence-electron chi connectivity index (χ0n) is 12.6. The molecule has 0 radical (unpaired) electrons. The maximum Gasteiger partial charge on any atom is 0.237 e. The molecule has 0 spiro atoms. The molecule has 0 aliphatic heterocycles. The SMILES string of the molecule is N[C@@H](Cc1ccccc1)C(=O)NCCOC1CCCCC1. The number of nitrogens with one attached hydrogen (secondary N) is 1. The van der Waals surface area contributed by atoms with Crippen LogP contribution in [0.1, 0.15) is 37.7 Å². The number of hydrogen-bond acceptors (Lipinski definition) is 3. The molecule has 1 aromatic rings. The van der Waals surface area contributed by atoms with Gasteiger partial charge in [-0.05, 0) is 24.8 Å². The molecule has 0 unspecified atom stereocenters. The molecule has 4 nitrogen and oxygen atoms in total. The molecule has 21 heavy (non-hydrogen) atoms. The summed E-state index contributed by atoms with van der Waals surface area (Å²) >= 11 is 0. The van der Waals surface area contributed by atoms with E-state index in [1.54, 1.807) is 0 Å². The van der Waals surface area contributed by atoms with Crippen molar-refractivity contribution in [3.05, 3.63) is 35.9 Å². The van der Waals surface area contributed by atoms with Crippen LogP contribution in [0.5, 0.6) is 0 Å². The highest BCUT2D eigenvalue weighted by Gasteiger charge is 2.15. The van der Waals surface area contributed by atoms with E-state index in [0.29, 0.717) is 25.7 Å². The lowest BCUT2D eigenvalue weighted by Crippen LogP contribution is -2.43. The van der Waals surface area contributed by atoms with E-state index in [1.165, 1.54) is 19.3 Å². The van der Waals surface area contributed by atoms with Gasteiger partial charge >= 0.3 is 0 Å². The first-order valence-electron chi connectivity index (χ1n) is 7.94. The molecule has 1 saturated carbocycles. The second-order valence-corrected chi connectivity index (χ2v) is 5.72. The zero-order chi connectivity index (χ0) is 14.9. The average molecular weight is 290 g/mol. The Morgan fingerprint density at radius 1 is 1.24 bits per heavy atom. The standard InChI is InChI=1S/C17H26N2O2/c18-16(13-14-7-3-1-4-8-14)17(20)19-11-12-21-15-9-5-2-6-10-15/h1,3-4,7-8,15-16H,2,5-6,9-13,18H2,(H,19,20)/t16-/m0/s1. The van der Waals surface area contributed by atoms with Gasteiger partial charge in [0.1, 0.15) is 0 Å². The number of nitrogens with two attached hydrogens (primary N) is 1. The molecular weight excluding hydrogens is 264 g/mol. The quantitative estimate of drug-likeness (QED) is 0.755. The van der Waals surface area contributed by atoms with Crippen LogP contribution in [0, 0.1) is 0 Å². The molecule has 0 aromatic heterocycles. The number of carbonyl (C=O) groups is 1. The van der Waals surface area contributed by atoms with E-state index in [1.807, 2.05) is 30.3 Å². The smallest absolute Gasteiger partial charge is 0.237 e. The van der Waals surface area contributed by atoms with Gasteiger partial charge in [-0.25, -0.2) is 0 Å². The summed E-state index contributed by atoms with van der Waals surface area (Å²) in [7, 11) is 0. The van der Waals surface area contributed by atoms with E-state index in [4.69, 9.17) is 10.5 Å². The highest BCUT2D eigenvalue weighted by atomic mass is 16.5. The van der Waals surface area contributed by atoms with Crippen molar-refractivity contribution in [2.24, 2.45) is 5.73 Å². The van der Waals surface area contributed by atoms with Crippen molar-refractivity contribution in [2.75, 3.05) is 13.2 Å². The molecule has 1 aliphatic rings. The highest BCUT2D eigenvalue weighted by Crippen LogP contribution is 2.19. The summed E-state index contributed by atoms with van der Waals surface area (Å²) in [5.41, 5.74) is 7.00. The first kappa shape index (κ1) is 16.0. The molecule has 3 N–H and O–H groups in total. The highest BCUT2D eigenvalue weighted by molar-refractivity contribution is 5.81. The Kier molecular flexibility index (Phi) is 6.70. The molecule has 1 amide bonds. The number of carbonyl (C=O) groups excluding carboxylic acids is 1. The summed E-state index contributed by atoms with van der Waals surface area (Å²) in [4.78, 5) is 11.9. The van der Waals surface area contributed by atoms with Gasteiger partial charge in [-0.3, -0.25) is 4.79 Å². The molecule has 116 valence electrons. The molecule has 1 aromatic carbocycles. The Balaban J connectivity index is 1.60. The molecule has 0 heterocycles. The van der Waals surface area contributed by atoms with E-state index in [9.17, 15) is 4.79 Å². The average Bonchev–Trinajstić information content (AvgIpc) is 2.53. The lowest BCUT2D eigenvalue weighted by atomic mass is 9.98. The summed E-state index contributed by atoms with van der Waals surface area (Å²) in [6.07, 6.45) is 7.11. The Morgan fingerprint density at radius 3 is 2.67 bits per heavy atom. The van der Waals surface area contributed by atoms with Crippen LogP contribution in [-0.2, 0) is 16.0 Å². The van der Waals surface area contributed by atoms with Crippen LogP contribution in [0.2, 0.25) is 0 Å². The van der Waals surface area contributed by atoms with Crippen LogP contribution in [0.15, 0.2) is 30.3 Å². The Morgan fingerprint density at radius 2 is 1.95 bits per heavy atom. The second-order valence-electron chi connectivity index (χ2n) is 5.72. The molecule has 0 bridgehead atoms. The van der Waals surface area contributed by atoms with Gasteiger partial charge in [0.15, 0.2) is 0 Å². The van der Waals surface area contributed by atoms with E-state index < -0.39 is 6.04 Å². The summed E-state index contributed by atoms with van der Waals surface area (Å²) in [5.74, 6) is -0.105. The van der Waals surface area contributed by atoms with Crippen molar-refractivity contribution in [1.29, 1.82) is 0 Å². The van der Waals surface area contributed by atoms with Gasteiger partial charge in [-0.2, -0.15) is 0 Å². The van der Waals surface area contributed by atoms with Crippen molar-refractivity contribution in [2.45, 2.75) is 50.7 Å². The number of hydrogen-bond donors (Lipinski definition) is 2. The first-order valence-corrected chi connectivity index (χ1v) is 7.94. The molecular formula is C17H26N2O2. The summed E-state index contributed by atoms with van der Waals surface area (Å²) in [6, 6.07) is 9.34. The lowest BCUT2D eigenvalue weighted by Gasteiger charge is -2.22. The third kappa shape index (κ3) is 5.86. The third-order valence-electron chi connectivity index (χ3n) is 3.94. The van der Waals surface area contributed by atoms with E-state index >= 15 is 0 Å². The van der Waals surface area contributed by atoms with Crippen molar-refractivity contribution < 1.29 is 9.53 Å². The second kappa shape index (κ2) is 8.80. The Hall–Kier alpha value is -1.39. The minimum absolute atomic E-state index is 0.105. The van der Waals surface area contributed by atoms with Crippen LogP contribution in [0.3, 0.4) is 0 Å². The van der Waals surface area contributed by atoms with Crippen LogP contribution in [-0.4, -0.2) is 31.2 Å². The van der Waals surface area contributed by atoms with Crippen LogP contribution < -0.4 is 11.1 Å². The number of benzene rings is 1. The van der Waals surface area contributed by atoms with Gasteiger partial charge in [0.05, 0.1) is 18.8 Å². The maximum atomic E-state index is 11.9. The van der Waals surface area contributed by atoms with E-state index in [2.05, 4.69) is 5.32 Å². The zero-order valence-corrected chi connectivity index (χ0v) is 12.6. The minimum atomic E-state index is -0.498. The maximum absolute atomic E-state index is 11.9. The van der Waals surface area contributed by atoms with Gasteiger partial charge in [0, 0.05) is 6.54 Å². The molecule has 4 heteroatoms. The lowest BCUT2D eigenvalue weighted by molar-refractivity contribution is -0.122. The fourth-order valence-corrected chi connectivity index (χ4v) is 2.72. The van der Waals surface area contributed by atoms with Gasteiger partial charge in [0.2, 0.25) is 5.91 Å². The monoisotopic (exact) mass is 290 g/mol. The van der Waals surface area contributed by atoms with Crippen molar-refractivity contribution >= 4 is 5.91 Å². The molecule has 1 aliphatic carbocycles. The largest absolute Gasteiger partial charge is 0.376 e. The van der Waals surface area contributed by atoms with Gasteiger partial charge in [-0.15, -0.1) is 0 Å². The van der Waals surface area contributed by atoms with Crippen molar-refractivity contribution in [1.82, 2.24) is 5.32 Å². The molecule has 2 rings (SSSR count). The van der Waals surface area contributed by atoms with E-state index in [-0.39, 0.29) is 5.91 Å². The molecule has 1 fully saturated rings. The van der Waals surface area contributed by atoms with Crippen molar-refractivity contribution in [3.8, 4) is 0 Å². The number of amides is 1. The summed E-state index contributed by atoms with van der Waals surface area (Å²) < 4.78 is 5.78. The minimum Gasteiger partial charge on any atom is -0.376 e. The topological polar surface area (TPSA) is 64.4 Å². The normalized spacial score (nSPS) is 17.4. The van der Waals surface area contributed by atoms with Gasteiger partial charge in [-0.1, -0.05) is 49.6 Å². The first-order chi connectivity index (χ1) is 10.3. The Labute approximate surface area is 127 Å². The van der Waals surface area contributed by atoms with Crippen LogP contribution >= 0.6 is 0 Å². The summed E-state index contributed by atoms with van der Waals surface area (Å²) in [5, 5.41) is 2.85. The van der Waals surface area contributed by atoms with Gasteiger partial charge in [0.25, 0.3) is 0 Å². The predicted molar refractivity (Wildman–Crippen MR) is 84.0 cm³/mol. The molecule has 0 saturated heterocycles. The van der Waals surface area contributed by atoms with Crippen LogP contribution in [0.4, 0.5) is 0 Å². The summed E-state index contributed by atoms with van der Waals surface area (Å²) in [6.45, 7) is 1.12. The predicted octanol–water partition coefficient (Wildman–Crippen LogP) is 2.02. The number of ether oxygens (including phenoxy) is 1. The van der Waals surface area contributed by atoms with Gasteiger partial charge < -0.3 is 15.8 Å². The fraction of sp³-hybridized carbons (Fsp3) is 0.588. The fourth-order valence-electron chi connectivity index (χ4n) is 2.72. The van der Waals surface area contributed by atoms with E-state index in [0.717, 1.165) is 18.4 Å².